The van der Waals surface area contributed by atoms with Crippen LogP contribution in [0, 0.1) is 0 Å². The van der Waals surface area contributed by atoms with Crippen molar-refractivity contribution >= 4 is 39.0 Å². The minimum atomic E-state index is -4.80. The zero-order valence-electron chi connectivity index (χ0n) is 16.7. The first kappa shape index (κ1) is 24.2. The lowest BCUT2D eigenvalue weighted by atomic mass is 10.2. The van der Waals surface area contributed by atoms with Gasteiger partial charge in [-0.05, 0) is 30.3 Å². The third-order valence-electron chi connectivity index (χ3n) is 4.56. The van der Waals surface area contributed by atoms with E-state index in [9.17, 15) is 26.4 Å². The van der Waals surface area contributed by atoms with Gasteiger partial charge in [0.2, 0.25) is 15.9 Å². The molecule has 2 aromatic rings. The molecule has 32 heavy (non-hydrogen) atoms. The van der Waals surface area contributed by atoms with Crippen LogP contribution in [-0.2, 0) is 25.7 Å². The number of halogens is 4. The SMILES string of the molecule is O=C(CCNS(=O)(=O)c1ccc(Cl)c(C(F)(F)F)c1)Nc1ccc(N2CCOCC2)nc1. The van der Waals surface area contributed by atoms with E-state index in [1.807, 2.05) is 4.90 Å². The van der Waals surface area contributed by atoms with Gasteiger partial charge in [-0.1, -0.05) is 11.6 Å². The van der Waals surface area contributed by atoms with Crippen LogP contribution in [0.15, 0.2) is 41.4 Å². The van der Waals surface area contributed by atoms with E-state index in [4.69, 9.17) is 16.3 Å². The number of nitrogens with one attached hydrogen (secondary N) is 2. The Hall–Kier alpha value is -2.41. The molecule has 0 atom stereocenters. The highest BCUT2D eigenvalue weighted by Crippen LogP contribution is 2.35. The van der Waals surface area contributed by atoms with Crippen LogP contribution in [0.4, 0.5) is 24.7 Å². The van der Waals surface area contributed by atoms with E-state index in [1.54, 1.807) is 12.1 Å². The standard InChI is InChI=1S/C19H20ClF3N4O4S/c20-16-3-2-14(11-15(16)19(21,22)23)32(29,30)25-6-5-18(28)26-13-1-4-17(24-12-13)27-7-9-31-10-8-27/h1-4,11-12,25H,5-10H2,(H,26,28). The molecule has 1 aromatic heterocycles. The molecule has 2 N–H and O–H groups in total. The third-order valence-corrected chi connectivity index (χ3v) is 6.35. The lowest BCUT2D eigenvalue weighted by molar-refractivity contribution is -0.137. The molecular weight excluding hydrogens is 473 g/mol. The molecule has 0 unspecified atom stereocenters. The van der Waals surface area contributed by atoms with Gasteiger partial charge < -0.3 is 15.0 Å². The van der Waals surface area contributed by atoms with Crippen molar-refractivity contribution in [2.24, 2.45) is 0 Å². The van der Waals surface area contributed by atoms with Crippen LogP contribution in [0.3, 0.4) is 0 Å². The smallest absolute Gasteiger partial charge is 0.378 e. The summed E-state index contributed by atoms with van der Waals surface area (Å²) in [4.78, 5) is 17.8. The summed E-state index contributed by atoms with van der Waals surface area (Å²) in [5.74, 6) is 0.265. The number of aromatic nitrogens is 1. The summed E-state index contributed by atoms with van der Waals surface area (Å²) in [6, 6.07) is 5.70. The number of nitrogens with zero attached hydrogens (tertiary/aromatic N) is 2. The van der Waals surface area contributed by atoms with Crippen LogP contribution in [0.1, 0.15) is 12.0 Å². The quantitative estimate of drug-likeness (QED) is 0.616. The maximum absolute atomic E-state index is 12.9. The maximum atomic E-state index is 12.9. The molecular formula is C19H20ClF3N4O4S. The number of hydrogen-bond donors (Lipinski definition) is 2. The van der Waals surface area contributed by atoms with Crippen molar-refractivity contribution in [1.29, 1.82) is 0 Å². The summed E-state index contributed by atoms with van der Waals surface area (Å²) < 4.78 is 70.8. The van der Waals surface area contributed by atoms with E-state index in [0.717, 1.165) is 31.0 Å². The fourth-order valence-electron chi connectivity index (χ4n) is 2.93. The van der Waals surface area contributed by atoms with Gasteiger partial charge in [0, 0.05) is 26.1 Å². The van der Waals surface area contributed by atoms with Crippen molar-refractivity contribution in [2.75, 3.05) is 43.1 Å². The van der Waals surface area contributed by atoms with Crippen molar-refractivity contribution < 1.29 is 31.1 Å². The van der Waals surface area contributed by atoms with Gasteiger partial charge in [0.25, 0.3) is 0 Å². The molecule has 0 bridgehead atoms. The van der Waals surface area contributed by atoms with E-state index in [2.05, 4.69) is 15.0 Å². The molecule has 1 fully saturated rings. The summed E-state index contributed by atoms with van der Waals surface area (Å²) in [6.07, 6.45) is -3.54. The summed E-state index contributed by atoms with van der Waals surface area (Å²) in [5.41, 5.74) is -0.824. The number of carbonyl (C=O) groups excluding carboxylic acids is 1. The normalized spacial score (nSPS) is 14.9. The Balaban J connectivity index is 1.53. The van der Waals surface area contributed by atoms with Crippen molar-refractivity contribution in [1.82, 2.24) is 9.71 Å². The molecule has 2 heterocycles. The van der Waals surface area contributed by atoms with Crippen molar-refractivity contribution in [3.8, 4) is 0 Å². The van der Waals surface area contributed by atoms with Gasteiger partial charge in [-0.2, -0.15) is 13.2 Å². The molecule has 1 saturated heterocycles. The molecule has 1 aromatic carbocycles. The Kier molecular flexibility index (Phi) is 7.59. The Labute approximate surface area is 187 Å². The van der Waals surface area contributed by atoms with Gasteiger partial charge in [-0.15, -0.1) is 0 Å². The molecule has 1 amide bonds. The third kappa shape index (κ3) is 6.31. The summed E-state index contributed by atoms with van der Waals surface area (Å²) in [6.45, 7) is 2.36. The number of pyridine rings is 1. The number of rotatable bonds is 7. The van der Waals surface area contributed by atoms with Crippen molar-refractivity contribution in [3.05, 3.63) is 47.1 Å². The van der Waals surface area contributed by atoms with E-state index in [0.29, 0.717) is 25.0 Å². The number of morpholine rings is 1. The first-order valence-electron chi connectivity index (χ1n) is 9.51. The summed E-state index contributed by atoms with van der Waals surface area (Å²) in [7, 11) is -4.26. The number of amides is 1. The van der Waals surface area contributed by atoms with Gasteiger partial charge >= 0.3 is 6.18 Å². The molecule has 0 aliphatic carbocycles. The molecule has 0 radical (unpaired) electrons. The predicted octanol–water partition coefficient (Wildman–Crippen LogP) is 2.90. The second-order valence-corrected chi connectivity index (χ2v) is 9.01. The predicted molar refractivity (Wildman–Crippen MR) is 112 cm³/mol. The molecule has 13 heteroatoms. The van der Waals surface area contributed by atoms with Crippen LogP contribution < -0.4 is 14.9 Å². The number of hydrogen-bond acceptors (Lipinski definition) is 6. The second-order valence-electron chi connectivity index (χ2n) is 6.84. The first-order chi connectivity index (χ1) is 15.1. The number of ether oxygens (including phenoxy) is 1. The Morgan fingerprint density at radius 1 is 1.19 bits per heavy atom. The van der Waals surface area contributed by atoms with Crippen LogP contribution >= 0.6 is 11.6 Å². The topological polar surface area (TPSA) is 101 Å². The minimum absolute atomic E-state index is 0.232. The van der Waals surface area contributed by atoms with E-state index < -0.39 is 37.6 Å². The van der Waals surface area contributed by atoms with Gasteiger partial charge in [-0.25, -0.2) is 18.1 Å². The number of carbonyl (C=O) groups is 1. The fourth-order valence-corrected chi connectivity index (χ4v) is 4.22. The van der Waals surface area contributed by atoms with Gasteiger partial charge in [0.15, 0.2) is 0 Å². The highest BCUT2D eigenvalue weighted by Gasteiger charge is 2.34. The Morgan fingerprint density at radius 2 is 1.91 bits per heavy atom. The molecule has 1 aliphatic heterocycles. The van der Waals surface area contributed by atoms with Crippen LogP contribution in [0.2, 0.25) is 5.02 Å². The van der Waals surface area contributed by atoms with Gasteiger partial charge in [-0.3, -0.25) is 4.79 Å². The van der Waals surface area contributed by atoms with E-state index in [-0.39, 0.29) is 13.0 Å². The van der Waals surface area contributed by atoms with Crippen LogP contribution in [-0.4, -0.2) is 52.2 Å². The largest absolute Gasteiger partial charge is 0.417 e. The average molecular weight is 493 g/mol. The zero-order valence-corrected chi connectivity index (χ0v) is 18.2. The highest BCUT2D eigenvalue weighted by atomic mass is 35.5. The number of benzene rings is 1. The zero-order chi connectivity index (χ0) is 23.4. The Morgan fingerprint density at radius 3 is 2.53 bits per heavy atom. The van der Waals surface area contributed by atoms with Crippen molar-refractivity contribution in [3.63, 3.8) is 0 Å². The van der Waals surface area contributed by atoms with Gasteiger partial charge in [0.05, 0.1) is 40.6 Å². The van der Waals surface area contributed by atoms with Crippen molar-refractivity contribution in [2.45, 2.75) is 17.5 Å². The second kappa shape index (κ2) is 10.0. The maximum Gasteiger partial charge on any atom is 0.417 e. The number of sulfonamides is 1. The Bertz CT molecular complexity index is 1060. The lowest BCUT2D eigenvalue weighted by Crippen LogP contribution is -2.36. The van der Waals surface area contributed by atoms with E-state index in [1.165, 1.54) is 6.20 Å². The van der Waals surface area contributed by atoms with Gasteiger partial charge in [0.1, 0.15) is 5.82 Å². The number of anilines is 2. The summed E-state index contributed by atoms with van der Waals surface area (Å²) >= 11 is 5.51. The number of alkyl halides is 3. The molecule has 8 nitrogen and oxygen atoms in total. The monoisotopic (exact) mass is 492 g/mol. The molecule has 1 aliphatic rings. The van der Waals surface area contributed by atoms with Crippen LogP contribution in [0.25, 0.3) is 0 Å². The lowest BCUT2D eigenvalue weighted by Gasteiger charge is -2.27. The fraction of sp³-hybridized carbons (Fsp3) is 0.368. The highest BCUT2D eigenvalue weighted by molar-refractivity contribution is 7.89. The minimum Gasteiger partial charge on any atom is -0.378 e. The molecule has 0 spiro atoms. The van der Waals surface area contributed by atoms with Crippen LogP contribution in [0.5, 0.6) is 0 Å². The van der Waals surface area contributed by atoms with E-state index >= 15 is 0 Å². The summed E-state index contributed by atoms with van der Waals surface area (Å²) in [5, 5.41) is 1.98. The average Bonchev–Trinajstić information content (AvgIpc) is 2.74. The molecule has 3 rings (SSSR count). The first-order valence-corrected chi connectivity index (χ1v) is 11.4. The molecule has 174 valence electrons. The molecule has 0 saturated carbocycles.